The SMILES string of the molecule is Cc1ccc(C#N)cc1S(=O)(=O)N1CCC(N)C(C)(C)C1.Cl. The van der Waals surface area contributed by atoms with Crippen LogP contribution in [0.3, 0.4) is 0 Å². The van der Waals surface area contributed by atoms with Crippen LogP contribution in [0.2, 0.25) is 0 Å². The first-order chi connectivity index (χ1) is 9.68. The van der Waals surface area contributed by atoms with Crippen LogP contribution in [0.5, 0.6) is 0 Å². The molecular weight excluding hydrogens is 322 g/mol. The molecule has 0 amide bonds. The van der Waals surface area contributed by atoms with Crippen molar-refractivity contribution in [1.82, 2.24) is 4.31 Å². The van der Waals surface area contributed by atoms with Gasteiger partial charge in [-0.2, -0.15) is 9.57 Å². The quantitative estimate of drug-likeness (QED) is 0.890. The molecule has 1 aromatic rings. The van der Waals surface area contributed by atoms with E-state index in [4.69, 9.17) is 11.0 Å². The molecule has 2 rings (SSSR count). The van der Waals surface area contributed by atoms with E-state index < -0.39 is 10.0 Å². The van der Waals surface area contributed by atoms with E-state index >= 15 is 0 Å². The second kappa shape index (κ2) is 6.55. The number of hydrogen-bond donors (Lipinski definition) is 1. The fraction of sp³-hybridized carbons (Fsp3) is 0.533. The molecule has 1 unspecified atom stereocenters. The summed E-state index contributed by atoms with van der Waals surface area (Å²) in [7, 11) is -3.59. The molecule has 0 spiro atoms. The minimum absolute atomic E-state index is 0. The van der Waals surface area contributed by atoms with Gasteiger partial charge in [-0.05, 0) is 36.5 Å². The average Bonchev–Trinajstić information content (AvgIpc) is 2.42. The number of rotatable bonds is 2. The second-order valence-corrected chi connectivity index (χ2v) is 8.22. The van der Waals surface area contributed by atoms with Crippen molar-refractivity contribution >= 4 is 22.4 Å². The molecule has 1 atom stereocenters. The van der Waals surface area contributed by atoms with Gasteiger partial charge < -0.3 is 5.73 Å². The number of nitrogens with zero attached hydrogens (tertiary/aromatic N) is 2. The average molecular weight is 344 g/mol. The lowest BCUT2D eigenvalue weighted by atomic mass is 9.81. The van der Waals surface area contributed by atoms with Gasteiger partial charge in [-0.15, -0.1) is 12.4 Å². The van der Waals surface area contributed by atoms with Gasteiger partial charge in [0, 0.05) is 19.1 Å². The Kier molecular flexibility index (Phi) is 5.63. The summed E-state index contributed by atoms with van der Waals surface area (Å²) in [5.41, 5.74) is 6.82. The maximum Gasteiger partial charge on any atom is 0.243 e. The van der Waals surface area contributed by atoms with Crippen molar-refractivity contribution in [2.24, 2.45) is 11.1 Å². The summed E-state index contributed by atoms with van der Waals surface area (Å²) in [6.07, 6.45) is 0.642. The summed E-state index contributed by atoms with van der Waals surface area (Å²) >= 11 is 0. The molecule has 5 nitrogen and oxygen atoms in total. The molecule has 1 heterocycles. The van der Waals surface area contributed by atoms with Crippen LogP contribution in [0, 0.1) is 23.7 Å². The predicted octanol–water partition coefficient (Wildman–Crippen LogP) is 2.04. The van der Waals surface area contributed by atoms with Gasteiger partial charge >= 0.3 is 0 Å². The number of hydrogen-bond acceptors (Lipinski definition) is 4. The van der Waals surface area contributed by atoms with Gasteiger partial charge in [0.25, 0.3) is 0 Å². The molecule has 0 saturated carbocycles. The summed E-state index contributed by atoms with van der Waals surface area (Å²) < 4.78 is 27.2. The van der Waals surface area contributed by atoms with Crippen LogP contribution >= 0.6 is 12.4 Å². The van der Waals surface area contributed by atoms with E-state index in [9.17, 15) is 8.42 Å². The number of sulfonamides is 1. The third kappa shape index (κ3) is 3.44. The van der Waals surface area contributed by atoms with E-state index in [0.717, 1.165) is 0 Å². The molecule has 0 aliphatic carbocycles. The van der Waals surface area contributed by atoms with E-state index in [-0.39, 0.29) is 28.8 Å². The van der Waals surface area contributed by atoms with Crippen LogP contribution in [-0.2, 0) is 10.0 Å². The van der Waals surface area contributed by atoms with Gasteiger partial charge in [0.1, 0.15) is 0 Å². The van der Waals surface area contributed by atoms with E-state index in [0.29, 0.717) is 30.6 Å². The summed E-state index contributed by atoms with van der Waals surface area (Å²) in [5.74, 6) is 0. The fourth-order valence-corrected chi connectivity index (χ4v) is 4.49. The van der Waals surface area contributed by atoms with Crippen molar-refractivity contribution in [2.75, 3.05) is 13.1 Å². The van der Waals surface area contributed by atoms with Crippen LogP contribution < -0.4 is 5.73 Å². The van der Waals surface area contributed by atoms with Crippen LogP contribution in [0.1, 0.15) is 31.4 Å². The normalized spacial score (nSPS) is 21.7. The molecule has 122 valence electrons. The first-order valence-electron chi connectivity index (χ1n) is 6.95. The molecule has 0 bridgehead atoms. The zero-order valence-corrected chi connectivity index (χ0v) is 14.7. The zero-order chi connectivity index (χ0) is 15.8. The highest BCUT2D eigenvalue weighted by molar-refractivity contribution is 7.89. The number of nitriles is 1. The lowest BCUT2D eigenvalue weighted by molar-refractivity contribution is 0.155. The third-order valence-electron chi connectivity index (χ3n) is 4.21. The van der Waals surface area contributed by atoms with Gasteiger partial charge in [-0.1, -0.05) is 19.9 Å². The largest absolute Gasteiger partial charge is 0.327 e. The van der Waals surface area contributed by atoms with Gasteiger partial charge in [0.15, 0.2) is 0 Å². The molecule has 0 aromatic heterocycles. The van der Waals surface area contributed by atoms with Crippen molar-refractivity contribution in [3.05, 3.63) is 29.3 Å². The summed E-state index contributed by atoms with van der Waals surface area (Å²) in [6, 6.07) is 6.74. The van der Waals surface area contributed by atoms with Crippen LogP contribution in [-0.4, -0.2) is 31.9 Å². The second-order valence-electron chi connectivity index (χ2n) is 6.31. The highest BCUT2D eigenvalue weighted by Crippen LogP contribution is 2.32. The Hall–Kier alpha value is -1.13. The van der Waals surface area contributed by atoms with Crippen molar-refractivity contribution in [3.63, 3.8) is 0 Å². The molecule has 7 heteroatoms. The van der Waals surface area contributed by atoms with E-state index in [1.807, 2.05) is 19.9 Å². The maximum atomic E-state index is 12.8. The number of halogens is 1. The minimum Gasteiger partial charge on any atom is -0.327 e. The fourth-order valence-electron chi connectivity index (χ4n) is 2.62. The van der Waals surface area contributed by atoms with Gasteiger partial charge in [-0.25, -0.2) is 8.42 Å². The molecule has 1 fully saturated rings. The Morgan fingerprint density at radius 1 is 1.41 bits per heavy atom. The van der Waals surface area contributed by atoms with E-state index in [2.05, 4.69) is 0 Å². The molecular formula is C15H22ClN3O2S. The number of nitrogens with two attached hydrogens (primary N) is 1. The zero-order valence-electron chi connectivity index (χ0n) is 13.0. The molecule has 22 heavy (non-hydrogen) atoms. The molecule has 0 radical (unpaired) electrons. The summed E-state index contributed by atoms with van der Waals surface area (Å²) in [6.45, 7) is 6.53. The first kappa shape index (κ1) is 18.9. The molecule has 1 aliphatic rings. The van der Waals surface area contributed by atoms with Crippen molar-refractivity contribution in [2.45, 2.75) is 38.1 Å². The summed E-state index contributed by atoms with van der Waals surface area (Å²) in [5, 5.41) is 8.97. The Balaban J connectivity index is 0.00000242. The van der Waals surface area contributed by atoms with Crippen LogP contribution in [0.15, 0.2) is 23.1 Å². The highest BCUT2D eigenvalue weighted by Gasteiger charge is 2.39. The van der Waals surface area contributed by atoms with Crippen molar-refractivity contribution in [3.8, 4) is 6.07 Å². The monoisotopic (exact) mass is 343 g/mol. The highest BCUT2D eigenvalue weighted by atomic mass is 35.5. The van der Waals surface area contributed by atoms with Crippen LogP contribution in [0.25, 0.3) is 0 Å². The molecule has 1 aliphatic heterocycles. The first-order valence-corrected chi connectivity index (χ1v) is 8.39. The molecule has 2 N–H and O–H groups in total. The lowest BCUT2D eigenvalue weighted by Gasteiger charge is -2.41. The Morgan fingerprint density at radius 3 is 2.59 bits per heavy atom. The number of aryl methyl sites for hydroxylation is 1. The van der Waals surface area contributed by atoms with Crippen molar-refractivity contribution in [1.29, 1.82) is 5.26 Å². The van der Waals surface area contributed by atoms with E-state index in [1.54, 1.807) is 19.1 Å². The topological polar surface area (TPSA) is 87.2 Å². The van der Waals surface area contributed by atoms with Gasteiger partial charge in [0.2, 0.25) is 10.0 Å². The van der Waals surface area contributed by atoms with Crippen LogP contribution in [0.4, 0.5) is 0 Å². The summed E-state index contributed by atoms with van der Waals surface area (Å²) in [4.78, 5) is 0.216. The van der Waals surface area contributed by atoms with Gasteiger partial charge in [0.05, 0.1) is 16.5 Å². The Labute approximate surface area is 138 Å². The third-order valence-corrected chi connectivity index (χ3v) is 6.20. The Bertz CT molecular complexity index is 695. The molecule has 1 aromatic carbocycles. The lowest BCUT2D eigenvalue weighted by Crippen LogP contribution is -2.53. The standard InChI is InChI=1S/C15H21N3O2S.ClH/c1-11-4-5-12(9-16)8-13(11)21(19,20)18-7-6-14(17)15(2,3)10-18;/h4-5,8,14H,6-7,10,17H2,1-3H3;1H. The van der Waals surface area contributed by atoms with E-state index in [1.165, 1.54) is 10.4 Å². The smallest absolute Gasteiger partial charge is 0.243 e. The molecule has 1 saturated heterocycles. The number of benzene rings is 1. The van der Waals surface area contributed by atoms with Gasteiger partial charge in [-0.3, -0.25) is 0 Å². The predicted molar refractivity (Wildman–Crippen MR) is 88.3 cm³/mol. The maximum absolute atomic E-state index is 12.8. The number of piperidine rings is 1. The Morgan fingerprint density at radius 2 is 2.05 bits per heavy atom. The van der Waals surface area contributed by atoms with Crippen molar-refractivity contribution < 1.29 is 8.42 Å². The minimum atomic E-state index is -3.59.